The van der Waals surface area contributed by atoms with E-state index in [0.717, 1.165) is 24.3 Å². The van der Waals surface area contributed by atoms with E-state index in [-0.39, 0.29) is 6.61 Å². The van der Waals surface area contributed by atoms with Gasteiger partial charge in [0.05, 0.1) is 13.7 Å². The van der Waals surface area contributed by atoms with Crippen molar-refractivity contribution in [1.29, 1.82) is 0 Å². The Morgan fingerprint density at radius 3 is 3.00 bits per heavy atom. The second-order valence-electron chi connectivity index (χ2n) is 3.87. The Kier molecular flexibility index (Phi) is 3.23. The number of rotatable bonds is 3. The number of methoxy groups -OCH3 is 1. The molecule has 1 aliphatic rings. The molecule has 1 fully saturated rings. The number of ether oxygens (including phenoxy) is 1. The van der Waals surface area contributed by atoms with Crippen molar-refractivity contribution in [3.8, 4) is 5.75 Å². The molecule has 1 aliphatic heterocycles. The fraction of sp³-hybridized carbons (Fsp3) is 0.500. The highest BCUT2D eigenvalue weighted by molar-refractivity contribution is 5.37. The van der Waals surface area contributed by atoms with Gasteiger partial charge < -0.3 is 15.2 Å². The molecular weight excluding hydrogens is 190 g/mol. The lowest BCUT2D eigenvalue weighted by atomic mass is 9.99. The van der Waals surface area contributed by atoms with Gasteiger partial charge in [-0.25, -0.2) is 0 Å². The summed E-state index contributed by atoms with van der Waals surface area (Å²) < 4.78 is 5.20. The minimum atomic E-state index is 0.0947. The Bertz CT molecular complexity index is 332. The Morgan fingerprint density at radius 1 is 1.53 bits per heavy atom. The van der Waals surface area contributed by atoms with Gasteiger partial charge in [-0.15, -0.1) is 0 Å². The molecule has 1 aromatic carbocycles. The standard InChI is InChI=1S/C12H17NO2/c1-15-10-5-4-9(8-14)11(7-10)12-3-2-6-13-12/h4-5,7,12-14H,2-3,6,8H2,1H3/t12-/m0/s1. The van der Waals surface area contributed by atoms with Crippen LogP contribution < -0.4 is 10.1 Å². The molecule has 0 unspecified atom stereocenters. The van der Waals surface area contributed by atoms with Crippen LogP contribution in [0.2, 0.25) is 0 Å². The van der Waals surface area contributed by atoms with Crippen LogP contribution in [-0.4, -0.2) is 18.8 Å². The number of aliphatic hydroxyl groups is 1. The van der Waals surface area contributed by atoms with Gasteiger partial charge in [-0.05, 0) is 42.6 Å². The van der Waals surface area contributed by atoms with Crippen LogP contribution in [0.25, 0.3) is 0 Å². The van der Waals surface area contributed by atoms with Crippen molar-refractivity contribution < 1.29 is 9.84 Å². The van der Waals surface area contributed by atoms with Crippen LogP contribution in [0, 0.1) is 0 Å². The van der Waals surface area contributed by atoms with Gasteiger partial charge in [-0.2, -0.15) is 0 Å². The van der Waals surface area contributed by atoms with Gasteiger partial charge >= 0.3 is 0 Å². The van der Waals surface area contributed by atoms with Crippen molar-refractivity contribution in [1.82, 2.24) is 5.32 Å². The van der Waals surface area contributed by atoms with Crippen molar-refractivity contribution >= 4 is 0 Å². The molecule has 2 rings (SSSR count). The van der Waals surface area contributed by atoms with Crippen LogP contribution in [0.3, 0.4) is 0 Å². The molecule has 3 nitrogen and oxygen atoms in total. The summed E-state index contributed by atoms with van der Waals surface area (Å²) in [6, 6.07) is 6.23. The summed E-state index contributed by atoms with van der Waals surface area (Å²) in [6.45, 7) is 1.16. The summed E-state index contributed by atoms with van der Waals surface area (Å²) in [4.78, 5) is 0. The predicted molar refractivity (Wildman–Crippen MR) is 58.9 cm³/mol. The molecule has 15 heavy (non-hydrogen) atoms. The first kappa shape index (κ1) is 10.5. The fourth-order valence-corrected chi connectivity index (χ4v) is 2.12. The minimum absolute atomic E-state index is 0.0947. The maximum atomic E-state index is 9.27. The normalized spacial score (nSPS) is 20.5. The molecule has 0 saturated carbocycles. The van der Waals surface area contributed by atoms with Gasteiger partial charge in [0.15, 0.2) is 0 Å². The Labute approximate surface area is 90.1 Å². The molecule has 2 N–H and O–H groups in total. The van der Waals surface area contributed by atoms with Gasteiger partial charge in [0.1, 0.15) is 5.75 Å². The number of nitrogens with one attached hydrogen (secondary N) is 1. The molecule has 82 valence electrons. The molecule has 0 spiro atoms. The van der Waals surface area contributed by atoms with Gasteiger partial charge in [0, 0.05) is 6.04 Å². The van der Waals surface area contributed by atoms with Crippen molar-refractivity contribution in [3.63, 3.8) is 0 Å². The van der Waals surface area contributed by atoms with Crippen LogP contribution in [0.4, 0.5) is 0 Å². The summed E-state index contributed by atoms with van der Waals surface area (Å²) in [5.41, 5.74) is 2.17. The second-order valence-corrected chi connectivity index (χ2v) is 3.87. The van der Waals surface area contributed by atoms with Gasteiger partial charge in [-0.1, -0.05) is 6.07 Å². The van der Waals surface area contributed by atoms with E-state index in [2.05, 4.69) is 5.32 Å². The van der Waals surface area contributed by atoms with E-state index in [4.69, 9.17) is 4.74 Å². The molecule has 3 heteroatoms. The predicted octanol–water partition coefficient (Wildman–Crippen LogP) is 1.61. The lowest BCUT2D eigenvalue weighted by Gasteiger charge is -2.15. The van der Waals surface area contributed by atoms with Gasteiger partial charge in [0.25, 0.3) is 0 Å². The van der Waals surface area contributed by atoms with Crippen molar-refractivity contribution in [2.45, 2.75) is 25.5 Å². The third-order valence-corrected chi connectivity index (χ3v) is 2.96. The largest absolute Gasteiger partial charge is 0.497 e. The first-order valence-corrected chi connectivity index (χ1v) is 5.36. The highest BCUT2D eigenvalue weighted by Crippen LogP contribution is 2.29. The molecule has 0 amide bonds. The minimum Gasteiger partial charge on any atom is -0.497 e. The fourth-order valence-electron chi connectivity index (χ4n) is 2.12. The average Bonchev–Trinajstić information content (AvgIpc) is 2.81. The zero-order chi connectivity index (χ0) is 10.7. The Morgan fingerprint density at radius 2 is 2.40 bits per heavy atom. The van der Waals surface area contributed by atoms with E-state index in [1.54, 1.807) is 7.11 Å². The molecule has 1 saturated heterocycles. The molecule has 0 bridgehead atoms. The monoisotopic (exact) mass is 207 g/mol. The molecule has 0 aliphatic carbocycles. The lowest BCUT2D eigenvalue weighted by molar-refractivity contribution is 0.279. The van der Waals surface area contributed by atoms with E-state index in [0.29, 0.717) is 6.04 Å². The molecule has 1 aromatic rings. The molecule has 1 atom stereocenters. The topological polar surface area (TPSA) is 41.5 Å². The molecule has 0 aromatic heterocycles. The Balaban J connectivity index is 2.32. The number of hydrogen-bond donors (Lipinski definition) is 2. The summed E-state index contributed by atoms with van der Waals surface area (Å²) in [5.74, 6) is 0.857. The van der Waals surface area contributed by atoms with Crippen LogP contribution in [-0.2, 0) is 6.61 Å². The third kappa shape index (κ3) is 2.13. The molecule has 0 radical (unpaired) electrons. The maximum absolute atomic E-state index is 9.27. The van der Waals surface area contributed by atoms with Crippen LogP contribution in [0.5, 0.6) is 5.75 Å². The summed E-state index contributed by atoms with van der Waals surface area (Å²) in [6.07, 6.45) is 2.34. The SMILES string of the molecule is COc1ccc(CO)c([C@@H]2CCCN2)c1. The summed E-state index contributed by atoms with van der Waals surface area (Å²) in [7, 11) is 1.67. The van der Waals surface area contributed by atoms with E-state index >= 15 is 0 Å². The summed E-state index contributed by atoms with van der Waals surface area (Å²) in [5, 5.41) is 12.7. The van der Waals surface area contributed by atoms with E-state index < -0.39 is 0 Å². The zero-order valence-corrected chi connectivity index (χ0v) is 8.99. The lowest BCUT2D eigenvalue weighted by Crippen LogP contribution is -2.14. The summed E-state index contributed by atoms with van der Waals surface area (Å²) >= 11 is 0. The van der Waals surface area contributed by atoms with Crippen molar-refractivity contribution in [2.75, 3.05) is 13.7 Å². The zero-order valence-electron chi connectivity index (χ0n) is 8.99. The number of benzene rings is 1. The first-order chi connectivity index (χ1) is 7.35. The number of aliphatic hydroxyl groups excluding tert-OH is 1. The second kappa shape index (κ2) is 4.64. The molecule has 1 heterocycles. The quantitative estimate of drug-likeness (QED) is 0.791. The number of hydrogen-bond acceptors (Lipinski definition) is 3. The van der Waals surface area contributed by atoms with Crippen LogP contribution in [0.1, 0.15) is 30.0 Å². The van der Waals surface area contributed by atoms with E-state index in [1.807, 2.05) is 18.2 Å². The average molecular weight is 207 g/mol. The van der Waals surface area contributed by atoms with E-state index in [1.165, 1.54) is 12.0 Å². The van der Waals surface area contributed by atoms with E-state index in [9.17, 15) is 5.11 Å². The highest BCUT2D eigenvalue weighted by atomic mass is 16.5. The Hall–Kier alpha value is -1.06. The van der Waals surface area contributed by atoms with Gasteiger partial charge in [-0.3, -0.25) is 0 Å². The maximum Gasteiger partial charge on any atom is 0.119 e. The first-order valence-electron chi connectivity index (χ1n) is 5.36. The van der Waals surface area contributed by atoms with Crippen LogP contribution in [0.15, 0.2) is 18.2 Å². The molecular formula is C12H17NO2. The van der Waals surface area contributed by atoms with Crippen molar-refractivity contribution in [2.24, 2.45) is 0 Å². The highest BCUT2D eigenvalue weighted by Gasteiger charge is 2.19. The third-order valence-electron chi connectivity index (χ3n) is 2.96. The van der Waals surface area contributed by atoms with Gasteiger partial charge in [0.2, 0.25) is 0 Å². The van der Waals surface area contributed by atoms with Crippen molar-refractivity contribution in [3.05, 3.63) is 29.3 Å². The van der Waals surface area contributed by atoms with Crippen LogP contribution >= 0.6 is 0 Å². The smallest absolute Gasteiger partial charge is 0.119 e.